The molecule has 0 unspecified atom stereocenters. The summed E-state index contributed by atoms with van der Waals surface area (Å²) in [5, 5.41) is 0. The van der Waals surface area contributed by atoms with Crippen LogP contribution in [0.5, 0.6) is 0 Å². The quantitative estimate of drug-likeness (QED) is 0.560. The van der Waals surface area contributed by atoms with E-state index >= 15 is 0 Å². The number of hydrogen-bond acceptors (Lipinski definition) is 1. The Bertz CT molecular complexity index is 177. The molecule has 1 N–H and O–H groups in total. The van der Waals surface area contributed by atoms with E-state index in [1.807, 2.05) is 0 Å². The summed E-state index contributed by atoms with van der Waals surface area (Å²) in [7, 11) is 0. The zero-order valence-electron chi connectivity index (χ0n) is 7.51. The lowest BCUT2D eigenvalue weighted by molar-refractivity contribution is -0.691. The zero-order valence-corrected chi connectivity index (χ0v) is 7.51. The lowest BCUT2D eigenvalue weighted by Gasteiger charge is -2.30. The van der Waals surface area contributed by atoms with Gasteiger partial charge in [0.15, 0.2) is 0 Å². The van der Waals surface area contributed by atoms with Crippen LogP contribution >= 0.6 is 0 Å². The third-order valence-corrected chi connectivity index (χ3v) is 3.29. The van der Waals surface area contributed by atoms with E-state index in [0.29, 0.717) is 0 Å². The Morgan fingerprint density at radius 2 is 1.67 bits per heavy atom. The van der Waals surface area contributed by atoms with Crippen molar-refractivity contribution in [2.75, 3.05) is 6.54 Å². The molecule has 2 rings (SSSR count). The topological polar surface area (TPSA) is 32.1 Å². The van der Waals surface area contributed by atoms with Crippen LogP contribution in [0.4, 0.5) is 0 Å². The summed E-state index contributed by atoms with van der Waals surface area (Å²) in [5.74, 6) is 0. The molecule has 0 aromatic carbocycles. The Balaban J connectivity index is 2.09. The maximum absolute atomic E-state index is 11.6. The first-order chi connectivity index (χ1) is 5.83. The van der Waals surface area contributed by atoms with Crippen LogP contribution in [-0.4, -0.2) is 17.0 Å². The van der Waals surface area contributed by atoms with Gasteiger partial charge in [-0.3, -0.25) is 0 Å². The standard InChI is InChI=1S/C9H17N2O/c12-11-9(7-4-8-10-11)5-2-1-3-6-9/h1-8H2,(H,10,12)/q+1. The van der Waals surface area contributed by atoms with Crippen LogP contribution in [0, 0.1) is 4.91 Å². The minimum Gasteiger partial charge on any atom is -0.153 e. The maximum atomic E-state index is 11.6. The van der Waals surface area contributed by atoms with E-state index in [1.165, 1.54) is 25.7 Å². The summed E-state index contributed by atoms with van der Waals surface area (Å²) in [6.07, 6.45) is 8.26. The summed E-state index contributed by atoms with van der Waals surface area (Å²) < 4.78 is 0. The molecular weight excluding hydrogens is 152 g/mol. The second-order valence-electron chi connectivity index (χ2n) is 4.09. The third-order valence-electron chi connectivity index (χ3n) is 3.29. The molecular formula is C9H17N2O+. The van der Waals surface area contributed by atoms with Gasteiger partial charge < -0.3 is 0 Å². The van der Waals surface area contributed by atoms with Crippen molar-refractivity contribution in [2.45, 2.75) is 50.5 Å². The van der Waals surface area contributed by atoms with Gasteiger partial charge in [-0.2, -0.15) is 5.43 Å². The molecule has 0 amide bonds. The Labute approximate surface area is 73.1 Å². The van der Waals surface area contributed by atoms with Gasteiger partial charge in [0, 0.05) is 19.3 Å². The number of hydrogen-bond donors (Lipinski definition) is 1. The fraction of sp³-hybridized carbons (Fsp3) is 1.00. The summed E-state index contributed by atoms with van der Waals surface area (Å²) in [6.45, 7) is 0.866. The fourth-order valence-corrected chi connectivity index (χ4v) is 2.53. The highest BCUT2D eigenvalue weighted by molar-refractivity contribution is 4.83. The molecule has 1 spiro atoms. The van der Waals surface area contributed by atoms with Crippen molar-refractivity contribution in [3.63, 3.8) is 0 Å². The van der Waals surface area contributed by atoms with Crippen LogP contribution in [0.15, 0.2) is 0 Å². The van der Waals surface area contributed by atoms with E-state index in [-0.39, 0.29) is 5.54 Å². The molecule has 2 aliphatic rings. The summed E-state index contributed by atoms with van der Waals surface area (Å²) >= 11 is 0. The van der Waals surface area contributed by atoms with Crippen molar-refractivity contribution >= 4 is 0 Å². The molecule has 0 atom stereocenters. The smallest absolute Gasteiger partial charge is 0.153 e. The Kier molecular flexibility index (Phi) is 2.03. The lowest BCUT2D eigenvalue weighted by Crippen LogP contribution is -2.53. The van der Waals surface area contributed by atoms with Crippen LogP contribution in [0.3, 0.4) is 0 Å². The highest BCUT2D eigenvalue weighted by atomic mass is 16.3. The zero-order chi connectivity index (χ0) is 8.44. The van der Waals surface area contributed by atoms with Crippen molar-refractivity contribution in [3.8, 4) is 0 Å². The summed E-state index contributed by atoms with van der Waals surface area (Å²) in [5.41, 5.74) is 2.90. The lowest BCUT2D eigenvalue weighted by atomic mass is 9.78. The molecule has 0 radical (unpaired) electrons. The average Bonchev–Trinajstić information content (AvgIpc) is 2.12. The molecule has 1 aliphatic carbocycles. The summed E-state index contributed by atoms with van der Waals surface area (Å²) in [4.78, 5) is 12.7. The largest absolute Gasteiger partial charge is 0.243 e. The normalized spacial score (nSPS) is 28.5. The van der Waals surface area contributed by atoms with Crippen molar-refractivity contribution in [1.82, 2.24) is 5.43 Å². The van der Waals surface area contributed by atoms with Gasteiger partial charge >= 0.3 is 0 Å². The first-order valence-corrected chi connectivity index (χ1v) is 5.04. The summed E-state index contributed by atoms with van der Waals surface area (Å²) in [6, 6.07) is 0. The van der Waals surface area contributed by atoms with Crippen molar-refractivity contribution in [2.24, 2.45) is 0 Å². The average molecular weight is 169 g/mol. The minimum atomic E-state index is -0.0174. The van der Waals surface area contributed by atoms with Gasteiger partial charge in [-0.15, -0.1) is 0 Å². The molecule has 0 aromatic heterocycles. The molecule has 1 heterocycles. The fourth-order valence-electron chi connectivity index (χ4n) is 2.53. The number of rotatable bonds is 0. The first kappa shape index (κ1) is 8.02. The van der Waals surface area contributed by atoms with Crippen molar-refractivity contribution in [1.29, 1.82) is 0 Å². The molecule has 2 fully saturated rings. The molecule has 1 aliphatic heterocycles. The number of nitrogens with zero attached hydrogens (tertiary/aromatic N) is 1. The Hall–Kier alpha value is -0.600. The second-order valence-corrected chi connectivity index (χ2v) is 4.09. The Morgan fingerprint density at radius 1 is 1.00 bits per heavy atom. The monoisotopic (exact) mass is 169 g/mol. The number of nitrogens with one attached hydrogen (secondary N) is 1. The van der Waals surface area contributed by atoms with E-state index in [1.54, 1.807) is 0 Å². The highest BCUT2D eigenvalue weighted by Gasteiger charge is 2.48. The maximum Gasteiger partial charge on any atom is 0.243 e. The van der Waals surface area contributed by atoms with Crippen LogP contribution in [0.1, 0.15) is 44.9 Å². The minimum absolute atomic E-state index is 0.0174. The van der Waals surface area contributed by atoms with Gasteiger partial charge in [0.2, 0.25) is 5.54 Å². The van der Waals surface area contributed by atoms with Gasteiger partial charge in [0.05, 0.1) is 11.5 Å². The van der Waals surface area contributed by atoms with Gasteiger partial charge in [-0.05, 0) is 19.3 Å². The predicted octanol–water partition coefficient (Wildman–Crippen LogP) is 1.77. The molecule has 12 heavy (non-hydrogen) atoms. The van der Waals surface area contributed by atoms with Crippen LogP contribution in [0.2, 0.25) is 0 Å². The highest BCUT2D eigenvalue weighted by Crippen LogP contribution is 2.35. The third kappa shape index (κ3) is 1.21. The van der Waals surface area contributed by atoms with Crippen LogP contribution < -0.4 is 5.43 Å². The molecule has 0 aromatic rings. The van der Waals surface area contributed by atoms with Crippen molar-refractivity contribution < 1.29 is 4.87 Å². The molecule has 1 saturated carbocycles. The van der Waals surface area contributed by atoms with Gasteiger partial charge in [0.25, 0.3) is 0 Å². The van der Waals surface area contributed by atoms with Gasteiger partial charge in [0.1, 0.15) is 4.87 Å². The molecule has 68 valence electrons. The number of hydrazine groups is 1. The van der Waals surface area contributed by atoms with Gasteiger partial charge in [-0.25, -0.2) is 0 Å². The van der Waals surface area contributed by atoms with Crippen LogP contribution in [-0.2, 0) is 0 Å². The molecule has 3 heteroatoms. The van der Waals surface area contributed by atoms with E-state index in [2.05, 4.69) is 5.43 Å². The molecule has 0 bridgehead atoms. The van der Waals surface area contributed by atoms with E-state index in [4.69, 9.17) is 0 Å². The van der Waals surface area contributed by atoms with Gasteiger partial charge in [-0.1, -0.05) is 6.42 Å². The van der Waals surface area contributed by atoms with Crippen LogP contribution in [0.25, 0.3) is 0 Å². The second kappa shape index (κ2) is 3.04. The SMILES string of the molecule is O=[N+]1NCCCC12CCCCC2. The molecule has 3 nitrogen and oxygen atoms in total. The van der Waals surface area contributed by atoms with E-state index in [0.717, 1.165) is 30.7 Å². The molecule has 1 saturated heterocycles. The first-order valence-electron chi connectivity index (χ1n) is 5.04. The number of nitroso groups, excluding NO2 is 1. The van der Waals surface area contributed by atoms with E-state index in [9.17, 15) is 4.91 Å². The van der Waals surface area contributed by atoms with Crippen molar-refractivity contribution in [3.05, 3.63) is 4.91 Å². The van der Waals surface area contributed by atoms with E-state index < -0.39 is 0 Å². The predicted molar refractivity (Wildman–Crippen MR) is 46.7 cm³/mol. The Morgan fingerprint density at radius 3 is 2.33 bits per heavy atom.